The first-order valence-corrected chi connectivity index (χ1v) is 10.2. The Bertz CT molecular complexity index is 901. The number of aromatic nitrogens is 3. The fourth-order valence-corrected chi connectivity index (χ4v) is 5.31. The van der Waals surface area contributed by atoms with Gasteiger partial charge in [-0.05, 0) is 19.3 Å². The van der Waals surface area contributed by atoms with E-state index in [-0.39, 0.29) is 0 Å². The zero-order valence-corrected chi connectivity index (χ0v) is 16.3. The summed E-state index contributed by atoms with van der Waals surface area (Å²) in [6.07, 6.45) is 3.74. The van der Waals surface area contributed by atoms with Crippen molar-refractivity contribution in [2.24, 2.45) is 12.5 Å². The standard InChI is InChI=1S/C19H24ClN5O2/c1-23-14-7-15(20)21-17(25-8-13-6-12(25)9-27-13)16(14)22-18(23)24-4-2-19(3-5-24)10-26-11-19/h7,12-13H,2-6,8-11H2,1H3/t12-,13-/m1/s1. The molecule has 8 heteroatoms. The van der Waals surface area contributed by atoms with Crippen LogP contribution in [0.1, 0.15) is 19.3 Å². The minimum absolute atomic E-state index is 0.317. The zero-order valence-electron chi connectivity index (χ0n) is 15.5. The summed E-state index contributed by atoms with van der Waals surface area (Å²) in [7, 11) is 2.08. The molecule has 6 heterocycles. The minimum atomic E-state index is 0.317. The number of hydrogen-bond donors (Lipinski definition) is 0. The number of ether oxygens (including phenoxy) is 2. The molecule has 0 radical (unpaired) electrons. The molecule has 0 N–H and O–H groups in total. The van der Waals surface area contributed by atoms with Gasteiger partial charge in [0.15, 0.2) is 5.82 Å². The molecule has 4 saturated heterocycles. The molecule has 0 aromatic carbocycles. The van der Waals surface area contributed by atoms with Crippen LogP contribution in [0.5, 0.6) is 0 Å². The van der Waals surface area contributed by atoms with Crippen LogP contribution in [0.4, 0.5) is 11.8 Å². The summed E-state index contributed by atoms with van der Waals surface area (Å²) in [6.45, 7) is 5.55. The Balaban J connectivity index is 1.37. The number of hydrogen-bond acceptors (Lipinski definition) is 6. The summed E-state index contributed by atoms with van der Waals surface area (Å²) < 4.78 is 13.4. The van der Waals surface area contributed by atoms with Crippen LogP contribution in [0, 0.1) is 5.41 Å². The van der Waals surface area contributed by atoms with E-state index in [4.69, 9.17) is 26.1 Å². The van der Waals surface area contributed by atoms with Gasteiger partial charge < -0.3 is 23.8 Å². The van der Waals surface area contributed by atoms with E-state index in [1.807, 2.05) is 6.07 Å². The summed E-state index contributed by atoms with van der Waals surface area (Å²) in [5, 5.41) is 0.528. The van der Waals surface area contributed by atoms with E-state index in [9.17, 15) is 0 Å². The third-order valence-electron chi connectivity index (χ3n) is 6.89. The van der Waals surface area contributed by atoms with Gasteiger partial charge in [0.25, 0.3) is 0 Å². The number of imidazole rings is 1. The van der Waals surface area contributed by atoms with Crippen LogP contribution in [-0.2, 0) is 16.5 Å². The van der Waals surface area contributed by atoms with Gasteiger partial charge in [-0.25, -0.2) is 9.97 Å². The lowest BCUT2D eigenvalue weighted by atomic mass is 9.77. The topological polar surface area (TPSA) is 55.7 Å². The molecule has 0 saturated carbocycles. The Kier molecular flexibility index (Phi) is 3.47. The average molecular weight is 390 g/mol. The van der Waals surface area contributed by atoms with E-state index in [1.54, 1.807) is 0 Å². The number of nitrogens with zero attached hydrogens (tertiary/aromatic N) is 5. The number of pyridine rings is 1. The van der Waals surface area contributed by atoms with Gasteiger partial charge in [0, 0.05) is 38.2 Å². The van der Waals surface area contributed by atoms with Crippen molar-refractivity contribution < 1.29 is 9.47 Å². The van der Waals surface area contributed by atoms with Crippen molar-refractivity contribution in [3.63, 3.8) is 0 Å². The Labute approximate surface area is 163 Å². The van der Waals surface area contributed by atoms with E-state index in [0.29, 0.717) is 22.7 Å². The van der Waals surface area contributed by atoms with Crippen molar-refractivity contribution in [1.82, 2.24) is 14.5 Å². The molecule has 7 nitrogen and oxygen atoms in total. The maximum atomic E-state index is 6.40. The van der Waals surface area contributed by atoms with Crippen LogP contribution in [0.2, 0.25) is 5.15 Å². The lowest BCUT2D eigenvalue weighted by Gasteiger charge is -2.47. The molecular weight excluding hydrogens is 366 g/mol. The highest BCUT2D eigenvalue weighted by molar-refractivity contribution is 6.30. The maximum Gasteiger partial charge on any atom is 0.206 e. The molecule has 2 atom stereocenters. The van der Waals surface area contributed by atoms with Gasteiger partial charge in [0.1, 0.15) is 10.7 Å². The van der Waals surface area contributed by atoms with Gasteiger partial charge in [0.2, 0.25) is 5.95 Å². The monoisotopic (exact) mass is 389 g/mol. The Morgan fingerprint density at radius 3 is 2.67 bits per heavy atom. The number of piperidine rings is 1. The van der Waals surface area contributed by atoms with Gasteiger partial charge >= 0.3 is 0 Å². The summed E-state index contributed by atoms with van der Waals surface area (Å²) in [4.78, 5) is 14.5. The first-order chi connectivity index (χ1) is 13.1. The molecule has 2 bridgehead atoms. The number of halogens is 1. The van der Waals surface area contributed by atoms with Crippen molar-refractivity contribution in [3.8, 4) is 0 Å². The fourth-order valence-electron chi connectivity index (χ4n) is 5.13. The normalized spacial score (nSPS) is 29.1. The molecule has 2 aromatic heterocycles. The van der Waals surface area contributed by atoms with E-state index in [0.717, 1.165) is 68.7 Å². The lowest BCUT2D eigenvalue weighted by molar-refractivity contribution is -0.124. The summed E-state index contributed by atoms with van der Waals surface area (Å²) in [6, 6.07) is 2.33. The molecule has 2 aromatic rings. The second-order valence-corrected chi connectivity index (χ2v) is 8.97. The zero-order chi connectivity index (χ0) is 18.2. The maximum absolute atomic E-state index is 6.40. The molecule has 144 valence electrons. The average Bonchev–Trinajstić information content (AvgIpc) is 3.35. The van der Waals surface area contributed by atoms with Crippen LogP contribution in [-0.4, -0.2) is 66.1 Å². The molecule has 27 heavy (non-hydrogen) atoms. The van der Waals surface area contributed by atoms with Gasteiger partial charge in [-0.3, -0.25) is 0 Å². The van der Waals surface area contributed by atoms with E-state index in [2.05, 4.69) is 26.4 Å². The molecule has 4 aliphatic rings. The number of rotatable bonds is 2. The third-order valence-corrected chi connectivity index (χ3v) is 7.09. The molecule has 4 aliphatic heterocycles. The number of fused-ring (bicyclic) bond motifs is 3. The quantitative estimate of drug-likeness (QED) is 0.734. The van der Waals surface area contributed by atoms with Gasteiger partial charge in [-0.15, -0.1) is 0 Å². The van der Waals surface area contributed by atoms with Crippen molar-refractivity contribution >= 4 is 34.4 Å². The van der Waals surface area contributed by atoms with E-state index in [1.165, 1.54) is 12.8 Å². The van der Waals surface area contributed by atoms with Crippen LogP contribution >= 0.6 is 11.6 Å². The van der Waals surface area contributed by atoms with Gasteiger partial charge in [0.05, 0.1) is 37.5 Å². The predicted octanol–water partition coefficient (Wildman–Crippen LogP) is 2.22. The van der Waals surface area contributed by atoms with Gasteiger partial charge in [-0.2, -0.15) is 0 Å². The van der Waals surface area contributed by atoms with E-state index < -0.39 is 0 Å². The van der Waals surface area contributed by atoms with Crippen molar-refractivity contribution in [2.75, 3.05) is 49.3 Å². The second-order valence-electron chi connectivity index (χ2n) is 8.58. The number of anilines is 2. The highest BCUT2D eigenvalue weighted by Gasteiger charge is 2.43. The predicted molar refractivity (Wildman–Crippen MR) is 104 cm³/mol. The summed E-state index contributed by atoms with van der Waals surface area (Å²) in [5.41, 5.74) is 2.43. The Hall–Kier alpha value is -1.57. The Morgan fingerprint density at radius 2 is 2.04 bits per heavy atom. The van der Waals surface area contributed by atoms with Crippen LogP contribution in [0.3, 0.4) is 0 Å². The van der Waals surface area contributed by atoms with Crippen molar-refractivity contribution in [3.05, 3.63) is 11.2 Å². The first kappa shape index (κ1) is 16.4. The van der Waals surface area contributed by atoms with Gasteiger partial charge in [-0.1, -0.05) is 11.6 Å². The molecular formula is C19H24ClN5O2. The lowest BCUT2D eigenvalue weighted by Crippen LogP contribution is -2.51. The van der Waals surface area contributed by atoms with Crippen LogP contribution < -0.4 is 9.80 Å². The third kappa shape index (κ3) is 2.41. The molecule has 0 unspecified atom stereocenters. The number of morpholine rings is 1. The Morgan fingerprint density at radius 1 is 1.22 bits per heavy atom. The highest BCUT2D eigenvalue weighted by Crippen LogP contribution is 2.41. The SMILES string of the molecule is Cn1c(N2CCC3(CC2)COC3)nc2c(N3C[C@H]4C[C@@H]3CO4)nc(Cl)cc21. The van der Waals surface area contributed by atoms with Crippen LogP contribution in [0.15, 0.2) is 6.07 Å². The van der Waals surface area contributed by atoms with Crippen molar-refractivity contribution in [2.45, 2.75) is 31.4 Å². The molecule has 6 rings (SSSR count). The highest BCUT2D eigenvalue weighted by atomic mass is 35.5. The first-order valence-electron chi connectivity index (χ1n) is 9.86. The molecule has 4 fully saturated rings. The summed E-state index contributed by atoms with van der Waals surface area (Å²) in [5.74, 6) is 1.93. The van der Waals surface area contributed by atoms with Crippen LogP contribution in [0.25, 0.3) is 11.0 Å². The summed E-state index contributed by atoms with van der Waals surface area (Å²) >= 11 is 6.40. The largest absolute Gasteiger partial charge is 0.380 e. The fraction of sp³-hybridized carbons (Fsp3) is 0.684. The second kappa shape index (κ2) is 5.72. The molecule has 0 aliphatic carbocycles. The minimum Gasteiger partial charge on any atom is -0.380 e. The smallest absolute Gasteiger partial charge is 0.206 e. The molecule has 0 amide bonds. The van der Waals surface area contributed by atoms with Crippen molar-refractivity contribution in [1.29, 1.82) is 0 Å². The van der Waals surface area contributed by atoms with E-state index >= 15 is 0 Å². The molecule has 1 spiro atoms. The number of aryl methyl sites for hydroxylation is 1.